The van der Waals surface area contributed by atoms with Crippen molar-refractivity contribution in [2.75, 3.05) is 13.9 Å². The van der Waals surface area contributed by atoms with E-state index in [1.807, 2.05) is 19.9 Å². The van der Waals surface area contributed by atoms with E-state index in [9.17, 15) is 15.0 Å². The van der Waals surface area contributed by atoms with Gasteiger partial charge in [-0.15, -0.1) is 0 Å². The maximum Gasteiger partial charge on any atom is 0.188 e. The number of hydrogen-bond acceptors (Lipinski definition) is 5. The van der Waals surface area contributed by atoms with Crippen LogP contribution in [0.2, 0.25) is 0 Å². The molecule has 1 aromatic rings. The molecule has 0 atom stereocenters. The summed E-state index contributed by atoms with van der Waals surface area (Å²) in [5.41, 5.74) is 1.43. The van der Waals surface area contributed by atoms with Crippen LogP contribution in [0.3, 0.4) is 0 Å². The highest BCUT2D eigenvalue weighted by Crippen LogP contribution is 2.38. The van der Waals surface area contributed by atoms with Crippen molar-refractivity contribution in [3.05, 3.63) is 28.8 Å². The predicted molar refractivity (Wildman–Crippen MR) is 75.4 cm³/mol. The van der Waals surface area contributed by atoms with Gasteiger partial charge >= 0.3 is 0 Å². The van der Waals surface area contributed by atoms with Gasteiger partial charge in [0.1, 0.15) is 22.8 Å². The number of aromatic hydroxyl groups is 2. The molecule has 0 amide bonds. The third kappa shape index (κ3) is 3.74. The summed E-state index contributed by atoms with van der Waals surface area (Å²) in [6, 6.07) is 1.32. The second kappa shape index (κ2) is 6.96. The molecule has 0 aliphatic carbocycles. The smallest absolute Gasteiger partial charge is 0.188 e. The number of methoxy groups -OCH3 is 1. The zero-order chi connectivity index (χ0) is 15.3. The number of allylic oxidation sites excluding steroid dienone is 2. The summed E-state index contributed by atoms with van der Waals surface area (Å²) in [6.45, 7) is 5.13. The Morgan fingerprint density at radius 2 is 1.95 bits per heavy atom. The molecule has 0 saturated heterocycles. The van der Waals surface area contributed by atoms with Crippen molar-refractivity contribution in [3.63, 3.8) is 0 Å². The Hall–Kier alpha value is -2.01. The van der Waals surface area contributed by atoms with Crippen LogP contribution in [0, 0.1) is 0 Å². The molecule has 0 heterocycles. The van der Waals surface area contributed by atoms with Gasteiger partial charge < -0.3 is 19.7 Å². The minimum Gasteiger partial charge on any atom is -0.507 e. The Morgan fingerprint density at radius 1 is 1.30 bits per heavy atom. The van der Waals surface area contributed by atoms with Crippen molar-refractivity contribution in [3.8, 4) is 17.2 Å². The molecule has 2 N–H and O–H groups in total. The summed E-state index contributed by atoms with van der Waals surface area (Å²) in [4.78, 5) is 11.5. The standard InChI is InChI=1S/C15H20O5/c1-9(2)5-6-11-13(20-8-19-4)7-12(17)14(10(3)16)15(11)18/h5,7,17-18H,6,8H2,1-4H3. The summed E-state index contributed by atoms with van der Waals surface area (Å²) in [5, 5.41) is 20.0. The van der Waals surface area contributed by atoms with Crippen LogP contribution in [0.25, 0.3) is 0 Å². The maximum absolute atomic E-state index is 11.5. The van der Waals surface area contributed by atoms with Gasteiger partial charge in [0.15, 0.2) is 12.6 Å². The van der Waals surface area contributed by atoms with Crippen molar-refractivity contribution >= 4 is 5.78 Å². The van der Waals surface area contributed by atoms with Gasteiger partial charge in [0.25, 0.3) is 0 Å². The molecule has 0 unspecified atom stereocenters. The zero-order valence-electron chi connectivity index (χ0n) is 12.2. The summed E-state index contributed by atoms with van der Waals surface area (Å²) < 4.78 is 10.1. The number of hydrogen-bond donors (Lipinski definition) is 2. The highest BCUT2D eigenvalue weighted by Gasteiger charge is 2.20. The first-order valence-corrected chi connectivity index (χ1v) is 6.22. The minimum atomic E-state index is -0.406. The number of Topliss-reactive ketones (excluding diaryl/α,β-unsaturated/α-hetero) is 1. The van der Waals surface area contributed by atoms with Gasteiger partial charge in [-0.25, -0.2) is 0 Å². The number of ketones is 1. The van der Waals surface area contributed by atoms with E-state index in [-0.39, 0.29) is 23.9 Å². The third-order valence-corrected chi connectivity index (χ3v) is 2.74. The Balaban J connectivity index is 3.35. The Labute approximate surface area is 118 Å². The van der Waals surface area contributed by atoms with E-state index in [1.165, 1.54) is 20.1 Å². The summed E-state index contributed by atoms with van der Waals surface area (Å²) in [7, 11) is 1.47. The average Bonchev–Trinajstić information content (AvgIpc) is 2.34. The van der Waals surface area contributed by atoms with Crippen LogP contribution in [0.4, 0.5) is 0 Å². The maximum atomic E-state index is 11.5. The van der Waals surface area contributed by atoms with E-state index in [0.29, 0.717) is 17.7 Å². The second-order valence-corrected chi connectivity index (χ2v) is 4.69. The Bertz CT molecular complexity index is 528. The number of carbonyl (C=O) groups is 1. The fourth-order valence-electron chi connectivity index (χ4n) is 1.77. The molecule has 1 rings (SSSR count). The molecule has 0 aliphatic rings. The topological polar surface area (TPSA) is 76.0 Å². The molecule has 5 heteroatoms. The van der Waals surface area contributed by atoms with Crippen LogP contribution in [0.1, 0.15) is 36.7 Å². The van der Waals surface area contributed by atoms with Crippen LogP contribution < -0.4 is 4.74 Å². The van der Waals surface area contributed by atoms with Gasteiger partial charge in [0.2, 0.25) is 0 Å². The number of benzene rings is 1. The van der Waals surface area contributed by atoms with E-state index in [0.717, 1.165) is 5.57 Å². The molecule has 0 aromatic heterocycles. The van der Waals surface area contributed by atoms with Gasteiger partial charge in [-0.3, -0.25) is 4.79 Å². The molecule has 0 bridgehead atoms. The van der Waals surface area contributed by atoms with Gasteiger partial charge in [0, 0.05) is 18.7 Å². The first kappa shape index (κ1) is 16.0. The number of phenols is 2. The lowest BCUT2D eigenvalue weighted by atomic mass is 10.0. The van der Waals surface area contributed by atoms with Crippen molar-refractivity contribution < 1.29 is 24.5 Å². The molecule has 0 spiro atoms. The monoisotopic (exact) mass is 280 g/mol. The van der Waals surface area contributed by atoms with Crippen LogP contribution in [-0.2, 0) is 11.2 Å². The number of phenolic OH excluding ortho intramolecular Hbond substituents is 2. The van der Waals surface area contributed by atoms with E-state index in [2.05, 4.69) is 0 Å². The van der Waals surface area contributed by atoms with Crippen molar-refractivity contribution in [1.29, 1.82) is 0 Å². The molecule has 0 aliphatic heterocycles. The SMILES string of the molecule is COCOc1cc(O)c(C(C)=O)c(O)c1CC=C(C)C. The van der Waals surface area contributed by atoms with Crippen LogP contribution in [0.15, 0.2) is 17.7 Å². The molecule has 0 fully saturated rings. The van der Waals surface area contributed by atoms with Crippen LogP contribution in [-0.4, -0.2) is 29.9 Å². The van der Waals surface area contributed by atoms with Gasteiger partial charge in [-0.1, -0.05) is 11.6 Å². The second-order valence-electron chi connectivity index (χ2n) is 4.69. The highest BCUT2D eigenvalue weighted by molar-refractivity contribution is 6.00. The molecule has 20 heavy (non-hydrogen) atoms. The van der Waals surface area contributed by atoms with Gasteiger partial charge in [-0.05, 0) is 27.2 Å². The molecular weight excluding hydrogens is 260 g/mol. The number of rotatable bonds is 6. The molecule has 0 saturated carbocycles. The normalized spacial score (nSPS) is 10.2. The first-order chi connectivity index (χ1) is 9.38. The van der Waals surface area contributed by atoms with Crippen LogP contribution >= 0.6 is 0 Å². The quantitative estimate of drug-likeness (QED) is 0.476. The molecular formula is C15H20O5. The largest absolute Gasteiger partial charge is 0.507 e. The van der Waals surface area contributed by atoms with E-state index in [4.69, 9.17) is 9.47 Å². The van der Waals surface area contributed by atoms with E-state index in [1.54, 1.807) is 0 Å². The third-order valence-electron chi connectivity index (χ3n) is 2.74. The highest BCUT2D eigenvalue weighted by atomic mass is 16.7. The number of carbonyl (C=O) groups excluding carboxylic acids is 1. The van der Waals surface area contributed by atoms with E-state index < -0.39 is 5.78 Å². The zero-order valence-corrected chi connectivity index (χ0v) is 12.2. The summed E-state index contributed by atoms with van der Waals surface area (Å²) >= 11 is 0. The van der Waals surface area contributed by atoms with Crippen molar-refractivity contribution in [2.45, 2.75) is 27.2 Å². The fourth-order valence-corrected chi connectivity index (χ4v) is 1.77. The molecule has 5 nitrogen and oxygen atoms in total. The van der Waals surface area contributed by atoms with Crippen molar-refractivity contribution in [1.82, 2.24) is 0 Å². The van der Waals surface area contributed by atoms with E-state index >= 15 is 0 Å². The minimum absolute atomic E-state index is 0.0138. The molecule has 110 valence electrons. The van der Waals surface area contributed by atoms with Gasteiger partial charge in [0.05, 0.1) is 0 Å². The fraction of sp³-hybridized carbons (Fsp3) is 0.400. The Kier molecular flexibility index (Phi) is 5.58. The van der Waals surface area contributed by atoms with Crippen molar-refractivity contribution in [2.24, 2.45) is 0 Å². The lowest BCUT2D eigenvalue weighted by Gasteiger charge is -2.15. The molecule has 1 aromatic carbocycles. The summed E-state index contributed by atoms with van der Waals surface area (Å²) in [5.74, 6) is -0.663. The van der Waals surface area contributed by atoms with Crippen LogP contribution in [0.5, 0.6) is 17.2 Å². The Morgan fingerprint density at radius 3 is 2.45 bits per heavy atom. The van der Waals surface area contributed by atoms with Gasteiger partial charge in [-0.2, -0.15) is 0 Å². The first-order valence-electron chi connectivity index (χ1n) is 6.22. The lowest BCUT2D eigenvalue weighted by molar-refractivity contribution is 0.0502. The lowest BCUT2D eigenvalue weighted by Crippen LogP contribution is -2.04. The predicted octanol–water partition coefficient (Wildman–Crippen LogP) is 2.79. The number of ether oxygens (including phenoxy) is 2. The molecule has 0 radical (unpaired) electrons. The summed E-state index contributed by atoms with van der Waals surface area (Å²) in [6.07, 6.45) is 2.30. The average molecular weight is 280 g/mol.